The fraction of sp³-hybridized carbons (Fsp3) is 0.316. The summed E-state index contributed by atoms with van der Waals surface area (Å²) in [6.07, 6.45) is 0.362. The van der Waals surface area contributed by atoms with E-state index in [1.165, 1.54) is 34.5 Å². The predicted octanol–water partition coefficient (Wildman–Crippen LogP) is 15.7. The van der Waals surface area contributed by atoms with E-state index in [0.717, 1.165) is 58.0 Å². The third-order valence-electron chi connectivity index (χ3n) is 11.7. The number of thiophene rings is 1. The maximum atomic E-state index is 14.1. The molecule has 0 fully saturated rings. The normalized spacial score (nSPS) is 13.8. The molecule has 0 spiro atoms. The van der Waals surface area contributed by atoms with Crippen molar-refractivity contribution in [1.29, 1.82) is 0 Å². The van der Waals surface area contributed by atoms with E-state index in [1.807, 2.05) is 32.2 Å². The van der Waals surface area contributed by atoms with Crippen molar-refractivity contribution in [3.8, 4) is 28.3 Å². The van der Waals surface area contributed by atoms with E-state index in [2.05, 4.69) is 136 Å². The Bertz CT molecular complexity index is 3350. The largest absolute Gasteiger partial charge is 0 e. The van der Waals surface area contributed by atoms with E-state index >= 15 is 0 Å². The number of hydrogen-bond donors (Lipinski definition) is 0. The molecule has 9 aromatic rings. The summed E-state index contributed by atoms with van der Waals surface area (Å²) in [5.41, 5.74) is 11.2. The molecule has 8 heteroatoms. The Morgan fingerprint density at radius 1 is 0.831 bits per heavy atom. The van der Waals surface area contributed by atoms with Gasteiger partial charge in [0.05, 0.1) is 22.4 Å². The summed E-state index contributed by atoms with van der Waals surface area (Å²) in [6, 6.07) is 37.3. The van der Waals surface area contributed by atoms with Crippen molar-refractivity contribution in [1.82, 2.24) is 19.5 Å². The van der Waals surface area contributed by atoms with E-state index in [4.69, 9.17) is 16.8 Å². The van der Waals surface area contributed by atoms with Crippen LogP contribution in [0.3, 0.4) is 0 Å². The number of aryl methyl sites for hydroxylation is 1. The topological polar surface area (TPSA) is 43.6 Å². The van der Waals surface area contributed by atoms with Crippen molar-refractivity contribution in [2.45, 2.75) is 110 Å². The van der Waals surface area contributed by atoms with Gasteiger partial charge in [-0.05, 0) is 75.0 Å². The Morgan fingerprint density at radius 3 is 2.18 bits per heavy atom. The average Bonchev–Trinajstić information content (AvgIpc) is 3.85. The third kappa shape index (κ3) is 9.96. The molecule has 0 bridgehead atoms. The smallest absolute Gasteiger partial charge is 0 e. The first-order chi connectivity index (χ1) is 32.2. The Morgan fingerprint density at radius 2 is 1.55 bits per heavy atom. The Labute approximate surface area is 412 Å². The van der Waals surface area contributed by atoms with Gasteiger partial charge in [0.1, 0.15) is 10.6 Å². The maximum Gasteiger partial charge on any atom is 0 e. The van der Waals surface area contributed by atoms with E-state index < -0.39 is 26.5 Å². The van der Waals surface area contributed by atoms with Crippen LogP contribution >= 0.6 is 11.3 Å². The molecule has 0 amide bonds. The van der Waals surface area contributed by atoms with Crippen LogP contribution in [0.4, 0.5) is 4.39 Å². The number of aromatic nitrogens is 4. The van der Waals surface area contributed by atoms with E-state index in [9.17, 15) is 4.39 Å². The molecule has 0 atom stereocenters. The molecule has 4 nitrogen and oxygen atoms in total. The Hall–Kier alpha value is -4.53. The second-order valence-corrected chi connectivity index (χ2v) is 31.4. The molecule has 1 radical (unpaired) electrons. The number of imidazole rings is 1. The van der Waals surface area contributed by atoms with Gasteiger partial charge in [-0.3, -0.25) is 4.98 Å². The predicted molar refractivity (Wildman–Crippen MR) is 275 cm³/mol. The maximum absolute atomic E-state index is 14.1. The molecule has 4 heterocycles. The first-order valence-electron chi connectivity index (χ1n) is 24.8. The van der Waals surface area contributed by atoms with Crippen LogP contribution in [-0.2, 0) is 31.9 Å². The average molecular weight is 1120 g/mol. The molecule has 65 heavy (non-hydrogen) atoms. The van der Waals surface area contributed by atoms with Crippen LogP contribution in [0.25, 0.3) is 70.6 Å². The van der Waals surface area contributed by atoms with Crippen molar-refractivity contribution in [3.05, 3.63) is 149 Å². The van der Waals surface area contributed by atoms with E-state index in [-0.39, 0.29) is 42.8 Å². The van der Waals surface area contributed by atoms with Gasteiger partial charge in [-0.15, -0.1) is 18.2 Å². The summed E-state index contributed by atoms with van der Waals surface area (Å²) in [4.78, 5) is 15.7. The Kier molecular flexibility index (Phi) is 12.2. The van der Waals surface area contributed by atoms with Gasteiger partial charge in [0.25, 0.3) is 0 Å². The molecule has 0 aliphatic carbocycles. The minimum absolute atomic E-state index is 0. The zero-order chi connectivity index (χ0) is 50.1. The summed E-state index contributed by atoms with van der Waals surface area (Å²) in [5, 5.41) is 2.91. The Balaban J connectivity index is 0.000000231. The second kappa shape index (κ2) is 19.0. The van der Waals surface area contributed by atoms with Crippen LogP contribution in [0, 0.1) is 30.7 Å². The molecule has 9 rings (SSSR count). The summed E-state index contributed by atoms with van der Waals surface area (Å²) < 4.78 is 58.2. The summed E-state index contributed by atoms with van der Waals surface area (Å²) in [5.74, 6) is 7.77. The van der Waals surface area contributed by atoms with E-state index in [0.29, 0.717) is 28.7 Å². The number of hydrogen-bond acceptors (Lipinski definition) is 4. The number of benzene rings is 5. The molecule has 5 aromatic carbocycles. The second-order valence-electron chi connectivity index (χ2n) is 19.9. The van der Waals surface area contributed by atoms with Crippen LogP contribution in [-0.4, -0.2) is 32.8 Å². The molecule has 337 valence electrons. The summed E-state index contributed by atoms with van der Waals surface area (Å²) >= 11 is -0.664. The standard InChI is InChI=1S/C38H35FN3S.C19H26GeN.Ir/c1-21(2)28-19-24(38(5,6)7)20-29(22(3)4)34(28)42-33-14-9-8-13-32(33)40-36(42)27-12-10-11-26-30-18-23-17-25(39)15-16-31(23)41-37(30)43-35(26)27;1-14(2)11-17-12-19(16-9-7-15(3)8-10-16)21-13-18(17)20(4,5)6;/h8-11,13-22H,1-7H3;7-9,12-14H,11H2,1-6H3;/q2*-1;/i;3D3,11D2;. The first-order valence-corrected chi connectivity index (χ1v) is 30.4. The van der Waals surface area contributed by atoms with Gasteiger partial charge in [-0.25, -0.2) is 9.37 Å². The van der Waals surface area contributed by atoms with Gasteiger partial charge >= 0.3 is 139 Å². The number of halogens is 1. The minimum Gasteiger partial charge on any atom is 0 e. The molecule has 0 aliphatic heterocycles. The molecule has 0 N–H and O–H groups in total. The molecular weight excluding hydrogens is 1060 g/mol. The van der Waals surface area contributed by atoms with Crippen molar-refractivity contribution in [2.24, 2.45) is 5.92 Å². The third-order valence-corrected chi connectivity index (χ3v) is 17.1. The van der Waals surface area contributed by atoms with Crippen molar-refractivity contribution in [2.75, 3.05) is 0 Å². The number of nitrogens with zero attached hydrogens (tertiary/aromatic N) is 4. The van der Waals surface area contributed by atoms with Crippen LogP contribution < -0.4 is 4.40 Å². The van der Waals surface area contributed by atoms with Crippen LogP contribution in [0.15, 0.2) is 103 Å². The minimum atomic E-state index is -2.32. The molecule has 0 saturated carbocycles. The van der Waals surface area contributed by atoms with Gasteiger partial charge in [-0.1, -0.05) is 83.7 Å². The zero-order valence-corrected chi connectivity index (χ0v) is 44.8. The number of rotatable bonds is 8. The van der Waals surface area contributed by atoms with Gasteiger partial charge in [0, 0.05) is 36.6 Å². The molecule has 0 aliphatic rings. The fourth-order valence-corrected chi connectivity index (χ4v) is 12.5. The van der Waals surface area contributed by atoms with E-state index in [1.54, 1.807) is 35.6 Å². The SMILES string of the molecule is CC(C)c1cc(C(C)(C)C)cc(C(C)C)c1-n1c(-c2[c-]ccc3c2sc2nc4ccc(F)cc4cc23)nc2ccccc21.[2H]C([2H])([2H])c1c[c-]c(-c2cc(C([2H])([2H])C(C)C)[c]([Ge]([CH3])([CH3])[CH3])cn2)cc1.[Ir]. The summed E-state index contributed by atoms with van der Waals surface area (Å²) in [6.45, 7) is 17.6. The van der Waals surface area contributed by atoms with Crippen molar-refractivity contribution in [3.63, 3.8) is 0 Å². The van der Waals surface area contributed by atoms with Gasteiger partial charge < -0.3 is 4.57 Å². The van der Waals surface area contributed by atoms with Gasteiger partial charge in [-0.2, -0.15) is 11.3 Å². The van der Waals surface area contributed by atoms with Crippen molar-refractivity contribution < 1.29 is 31.3 Å². The monoisotopic (exact) mass is 1120 g/mol. The zero-order valence-electron chi connectivity index (χ0n) is 44.5. The van der Waals surface area contributed by atoms with Gasteiger partial charge in [0.15, 0.2) is 0 Å². The van der Waals surface area contributed by atoms with Crippen LogP contribution in [0.1, 0.15) is 109 Å². The van der Waals surface area contributed by atoms with Crippen LogP contribution in [0.5, 0.6) is 0 Å². The first kappa shape index (κ1) is 41.9. The van der Waals surface area contributed by atoms with Crippen LogP contribution in [0.2, 0.25) is 17.3 Å². The molecule has 0 saturated heterocycles. The number of fused-ring (bicyclic) bond motifs is 5. The van der Waals surface area contributed by atoms with Crippen molar-refractivity contribution >= 4 is 71.2 Å². The number of pyridine rings is 2. The number of para-hydroxylation sites is 2. The molecule has 0 unspecified atom stereocenters. The molecular formula is C57H61FGeIrN4S-2. The van der Waals surface area contributed by atoms with Gasteiger partial charge in [0.2, 0.25) is 0 Å². The fourth-order valence-electron chi connectivity index (χ4n) is 8.35. The quantitative estimate of drug-likeness (QED) is 0.112. The molecule has 4 aromatic heterocycles. The summed E-state index contributed by atoms with van der Waals surface area (Å²) in [7, 11) is 0.